The maximum atomic E-state index is 12.2. The van der Waals surface area contributed by atoms with E-state index in [-0.39, 0.29) is 5.70 Å². The van der Waals surface area contributed by atoms with Gasteiger partial charge in [0.05, 0.1) is 5.70 Å². The van der Waals surface area contributed by atoms with Gasteiger partial charge in [-0.25, -0.2) is 0 Å². The number of hydrogen-bond acceptors (Lipinski definition) is 3. The van der Waals surface area contributed by atoms with Crippen LogP contribution in [0.3, 0.4) is 0 Å². The first-order valence-electron chi connectivity index (χ1n) is 4.42. The van der Waals surface area contributed by atoms with Crippen LogP contribution < -0.4 is 11.5 Å². The van der Waals surface area contributed by atoms with Crippen LogP contribution in [0, 0.1) is 0 Å². The molecule has 0 aromatic heterocycles. The number of hydrogen-bond donors (Lipinski definition) is 2. The Morgan fingerprint density at radius 1 is 1.12 bits per heavy atom. The van der Waals surface area contributed by atoms with Crippen LogP contribution >= 0.6 is 11.8 Å². The van der Waals surface area contributed by atoms with Crippen LogP contribution in [-0.2, 0) is 4.79 Å². The molecule has 1 amide bonds. The monoisotopic (exact) mass is 262 g/mol. The van der Waals surface area contributed by atoms with E-state index in [1.807, 2.05) is 0 Å². The lowest BCUT2D eigenvalue weighted by Gasteiger charge is -2.10. The molecule has 0 spiro atoms. The quantitative estimate of drug-likeness (QED) is 0.819. The van der Waals surface area contributed by atoms with Crippen LogP contribution in [0.15, 0.2) is 35.2 Å². The minimum absolute atomic E-state index is 0.277. The van der Waals surface area contributed by atoms with Gasteiger partial charge in [-0.05, 0) is 17.3 Å². The van der Waals surface area contributed by atoms with E-state index in [1.165, 1.54) is 12.1 Å². The lowest BCUT2D eigenvalue weighted by atomic mass is 10.1. The molecule has 92 valence electrons. The Morgan fingerprint density at radius 2 is 1.65 bits per heavy atom. The van der Waals surface area contributed by atoms with E-state index >= 15 is 0 Å². The number of halogens is 3. The molecular formula is C10H9F3N2OS. The first-order chi connectivity index (χ1) is 7.81. The fraction of sp³-hybridized carbons (Fsp3) is 0.100. The molecular weight excluding hydrogens is 253 g/mol. The molecule has 1 aromatic carbocycles. The van der Waals surface area contributed by atoms with Gasteiger partial charge in [-0.2, -0.15) is 13.2 Å². The van der Waals surface area contributed by atoms with Gasteiger partial charge in [0.25, 0.3) is 5.91 Å². The van der Waals surface area contributed by atoms with Gasteiger partial charge in [0.1, 0.15) is 4.91 Å². The summed E-state index contributed by atoms with van der Waals surface area (Å²) in [4.78, 5) is 10.3. The van der Waals surface area contributed by atoms with Gasteiger partial charge in [0, 0.05) is 0 Å². The van der Waals surface area contributed by atoms with Gasteiger partial charge in [0.2, 0.25) is 0 Å². The van der Waals surface area contributed by atoms with Crippen molar-refractivity contribution in [2.75, 3.05) is 0 Å². The smallest absolute Gasteiger partial charge is 0.397 e. The Morgan fingerprint density at radius 3 is 2.06 bits per heavy atom. The average molecular weight is 262 g/mol. The second-order valence-corrected chi connectivity index (χ2v) is 4.10. The van der Waals surface area contributed by atoms with Gasteiger partial charge in [0.15, 0.2) is 0 Å². The number of benzene rings is 1. The van der Waals surface area contributed by atoms with Crippen molar-refractivity contribution in [3.05, 3.63) is 40.8 Å². The number of alkyl halides is 3. The lowest BCUT2D eigenvalue weighted by molar-refractivity contribution is -0.114. The Balaban J connectivity index is 3.17. The van der Waals surface area contributed by atoms with Crippen LogP contribution in [0.2, 0.25) is 0 Å². The Kier molecular flexibility index (Phi) is 4.06. The molecule has 0 fully saturated rings. The second-order valence-electron chi connectivity index (χ2n) is 3.02. The molecule has 0 saturated heterocycles. The summed E-state index contributed by atoms with van der Waals surface area (Å²) in [6, 6.07) is 7.86. The molecule has 4 N–H and O–H groups in total. The molecule has 0 aliphatic carbocycles. The van der Waals surface area contributed by atoms with Crippen molar-refractivity contribution in [2.24, 2.45) is 11.5 Å². The zero-order valence-corrected chi connectivity index (χ0v) is 9.31. The summed E-state index contributed by atoms with van der Waals surface area (Å²) in [6.45, 7) is 0. The van der Waals surface area contributed by atoms with E-state index in [4.69, 9.17) is 11.5 Å². The Labute approximate surface area is 99.7 Å². The molecule has 0 unspecified atom stereocenters. The van der Waals surface area contributed by atoms with E-state index in [0.29, 0.717) is 5.56 Å². The van der Waals surface area contributed by atoms with Crippen LogP contribution in [0.1, 0.15) is 5.56 Å². The minimum Gasteiger partial charge on any atom is -0.397 e. The summed E-state index contributed by atoms with van der Waals surface area (Å²) in [5.74, 6) is -1.20. The highest BCUT2D eigenvalue weighted by molar-refractivity contribution is 8.05. The molecule has 0 radical (unpaired) electrons. The molecule has 1 rings (SSSR count). The predicted molar refractivity (Wildman–Crippen MR) is 60.4 cm³/mol. The van der Waals surface area contributed by atoms with Gasteiger partial charge >= 0.3 is 5.51 Å². The summed E-state index contributed by atoms with van der Waals surface area (Å²) < 4.78 is 36.6. The van der Waals surface area contributed by atoms with Crippen LogP contribution in [-0.4, -0.2) is 11.4 Å². The Bertz CT molecular complexity index is 443. The van der Waals surface area contributed by atoms with Gasteiger partial charge in [-0.15, -0.1) is 0 Å². The molecule has 7 heteroatoms. The number of rotatable bonds is 3. The van der Waals surface area contributed by atoms with Crippen LogP contribution in [0.25, 0.3) is 5.70 Å². The third-order valence-corrected chi connectivity index (χ3v) is 2.63. The average Bonchev–Trinajstić information content (AvgIpc) is 2.25. The molecule has 0 saturated carbocycles. The van der Waals surface area contributed by atoms with E-state index in [1.54, 1.807) is 18.2 Å². The zero-order chi connectivity index (χ0) is 13.1. The summed E-state index contributed by atoms with van der Waals surface area (Å²) in [6.07, 6.45) is 0. The molecule has 17 heavy (non-hydrogen) atoms. The summed E-state index contributed by atoms with van der Waals surface area (Å²) in [5.41, 5.74) is 5.82. The molecule has 0 atom stereocenters. The second kappa shape index (κ2) is 5.13. The van der Waals surface area contributed by atoms with Crippen molar-refractivity contribution < 1.29 is 18.0 Å². The van der Waals surface area contributed by atoms with E-state index < -0.39 is 28.1 Å². The summed E-state index contributed by atoms with van der Waals surface area (Å²) >= 11 is -0.607. The van der Waals surface area contributed by atoms with E-state index in [9.17, 15) is 18.0 Å². The van der Waals surface area contributed by atoms with Crippen LogP contribution in [0.5, 0.6) is 0 Å². The SMILES string of the molecule is NC(=O)C(SC(F)(F)F)=C(N)c1ccccc1. The Hall–Kier alpha value is -1.63. The van der Waals surface area contributed by atoms with Crippen molar-refractivity contribution >= 4 is 23.4 Å². The van der Waals surface area contributed by atoms with E-state index in [2.05, 4.69) is 0 Å². The van der Waals surface area contributed by atoms with Gasteiger partial charge in [-0.3, -0.25) is 4.79 Å². The number of nitrogens with two attached hydrogens (primary N) is 2. The number of carbonyl (C=O) groups excluding carboxylic acids is 1. The summed E-state index contributed by atoms with van der Waals surface area (Å²) in [5, 5.41) is 0. The highest BCUT2D eigenvalue weighted by atomic mass is 32.2. The maximum absolute atomic E-state index is 12.2. The predicted octanol–water partition coefficient (Wildman–Crippen LogP) is 2.05. The van der Waals surface area contributed by atoms with Crippen LogP contribution in [0.4, 0.5) is 13.2 Å². The lowest BCUT2D eigenvalue weighted by Crippen LogP contribution is -2.19. The van der Waals surface area contributed by atoms with Crippen molar-refractivity contribution in [3.63, 3.8) is 0 Å². The van der Waals surface area contributed by atoms with Crippen molar-refractivity contribution in [1.29, 1.82) is 0 Å². The fourth-order valence-corrected chi connectivity index (χ4v) is 1.66. The highest BCUT2D eigenvalue weighted by Gasteiger charge is 2.33. The van der Waals surface area contributed by atoms with Crippen molar-refractivity contribution in [2.45, 2.75) is 5.51 Å². The number of amides is 1. The number of primary amides is 1. The fourth-order valence-electron chi connectivity index (χ4n) is 1.10. The van der Waals surface area contributed by atoms with Gasteiger partial charge in [-0.1, -0.05) is 30.3 Å². The number of thioether (sulfide) groups is 1. The molecule has 0 aliphatic rings. The zero-order valence-electron chi connectivity index (χ0n) is 8.49. The van der Waals surface area contributed by atoms with Gasteiger partial charge < -0.3 is 11.5 Å². The largest absolute Gasteiger partial charge is 0.446 e. The maximum Gasteiger partial charge on any atom is 0.446 e. The minimum atomic E-state index is -4.61. The topological polar surface area (TPSA) is 69.1 Å². The molecule has 0 bridgehead atoms. The first-order valence-corrected chi connectivity index (χ1v) is 5.23. The standard InChI is InChI=1S/C10H9F3N2OS/c11-10(12,13)17-8(9(15)16)7(14)6-4-2-1-3-5-6/h1-5H,14H2,(H2,15,16). The molecule has 3 nitrogen and oxygen atoms in total. The van der Waals surface area contributed by atoms with Crippen molar-refractivity contribution in [1.82, 2.24) is 0 Å². The van der Waals surface area contributed by atoms with Crippen molar-refractivity contribution in [3.8, 4) is 0 Å². The third kappa shape index (κ3) is 4.03. The highest BCUT2D eigenvalue weighted by Crippen LogP contribution is 2.38. The van der Waals surface area contributed by atoms with E-state index in [0.717, 1.165) is 0 Å². The molecule has 0 aliphatic heterocycles. The molecule has 0 heterocycles. The number of carbonyl (C=O) groups is 1. The third-order valence-electron chi connectivity index (χ3n) is 1.77. The first kappa shape index (κ1) is 13.4. The molecule has 1 aromatic rings. The summed E-state index contributed by atoms with van der Waals surface area (Å²) in [7, 11) is 0. The normalized spacial score (nSPS) is 13.1.